The topological polar surface area (TPSA) is 87.7 Å². The van der Waals surface area contributed by atoms with Crippen molar-refractivity contribution in [3.05, 3.63) is 29.8 Å². The maximum Gasteiger partial charge on any atom is 0.251 e. The number of carbonyl (C=O) groups is 2. The van der Waals surface area contributed by atoms with E-state index in [0.717, 1.165) is 0 Å². The van der Waals surface area contributed by atoms with E-state index in [1.165, 1.54) is 0 Å². The molecule has 0 saturated carbocycles. The number of ether oxygens (including phenoxy) is 1. The van der Waals surface area contributed by atoms with Crippen LogP contribution in [0.3, 0.4) is 0 Å². The second kappa shape index (κ2) is 9.84. The van der Waals surface area contributed by atoms with Crippen molar-refractivity contribution in [3.8, 4) is 5.75 Å². The van der Waals surface area contributed by atoms with Crippen LogP contribution in [0, 0.1) is 5.92 Å². The molecule has 0 saturated heterocycles. The summed E-state index contributed by atoms with van der Waals surface area (Å²) in [6, 6.07) is 6.17. The molecule has 3 N–H and O–H groups in total. The van der Waals surface area contributed by atoms with E-state index in [1.807, 2.05) is 20.8 Å². The molecule has 128 valence electrons. The number of hydrogen-bond acceptors (Lipinski definition) is 4. The van der Waals surface area contributed by atoms with Crippen LogP contribution >= 0.6 is 0 Å². The molecular formula is C17H26N2O4. The first-order chi connectivity index (χ1) is 11.0. The van der Waals surface area contributed by atoms with Crippen LogP contribution < -0.4 is 15.4 Å². The molecule has 1 atom stereocenters. The third-order valence-electron chi connectivity index (χ3n) is 3.30. The molecule has 1 aromatic carbocycles. The lowest BCUT2D eigenvalue weighted by Gasteiger charge is -2.21. The van der Waals surface area contributed by atoms with Crippen LogP contribution in [0.1, 0.15) is 37.6 Å². The van der Waals surface area contributed by atoms with E-state index in [-0.39, 0.29) is 24.3 Å². The Hall–Kier alpha value is -2.08. The van der Waals surface area contributed by atoms with Gasteiger partial charge in [0.25, 0.3) is 5.91 Å². The molecule has 1 aromatic rings. The third-order valence-corrected chi connectivity index (χ3v) is 3.30. The van der Waals surface area contributed by atoms with E-state index in [0.29, 0.717) is 30.9 Å². The number of carbonyl (C=O) groups excluding carboxylic acids is 2. The van der Waals surface area contributed by atoms with E-state index in [2.05, 4.69) is 10.6 Å². The van der Waals surface area contributed by atoms with E-state index < -0.39 is 6.04 Å². The predicted octanol–water partition coefficient (Wildman–Crippen LogP) is 1.34. The van der Waals surface area contributed by atoms with Crippen LogP contribution in [0.5, 0.6) is 5.75 Å². The molecule has 0 heterocycles. The fourth-order valence-corrected chi connectivity index (χ4v) is 2.03. The summed E-state index contributed by atoms with van der Waals surface area (Å²) in [6.07, 6.45) is 0.489. The van der Waals surface area contributed by atoms with Crippen molar-refractivity contribution in [3.63, 3.8) is 0 Å². The van der Waals surface area contributed by atoms with Gasteiger partial charge < -0.3 is 20.5 Å². The van der Waals surface area contributed by atoms with Crippen molar-refractivity contribution in [2.24, 2.45) is 5.92 Å². The lowest BCUT2D eigenvalue weighted by Crippen LogP contribution is -2.49. The van der Waals surface area contributed by atoms with Crippen molar-refractivity contribution >= 4 is 11.8 Å². The first-order valence-corrected chi connectivity index (χ1v) is 7.91. The molecule has 23 heavy (non-hydrogen) atoms. The molecule has 0 fully saturated rings. The summed E-state index contributed by atoms with van der Waals surface area (Å²) >= 11 is 0. The van der Waals surface area contributed by atoms with Crippen LogP contribution in [0.25, 0.3) is 0 Å². The van der Waals surface area contributed by atoms with Crippen LogP contribution in [-0.2, 0) is 4.79 Å². The van der Waals surface area contributed by atoms with E-state index in [4.69, 9.17) is 9.84 Å². The van der Waals surface area contributed by atoms with Gasteiger partial charge in [0.1, 0.15) is 11.8 Å². The smallest absolute Gasteiger partial charge is 0.251 e. The Labute approximate surface area is 137 Å². The highest BCUT2D eigenvalue weighted by atomic mass is 16.5. The summed E-state index contributed by atoms with van der Waals surface area (Å²) in [5, 5.41) is 14.2. The van der Waals surface area contributed by atoms with Crippen LogP contribution in [-0.4, -0.2) is 42.7 Å². The second-order valence-electron chi connectivity index (χ2n) is 5.52. The molecule has 2 amide bonds. The Morgan fingerprint density at radius 2 is 1.87 bits per heavy atom. The van der Waals surface area contributed by atoms with Gasteiger partial charge in [0.05, 0.1) is 6.61 Å². The van der Waals surface area contributed by atoms with Crippen LogP contribution in [0.2, 0.25) is 0 Å². The van der Waals surface area contributed by atoms with E-state index in [9.17, 15) is 9.59 Å². The summed E-state index contributed by atoms with van der Waals surface area (Å²) in [5.41, 5.74) is 0.474. The SMILES string of the molecule is CCOc1ccc(C(=O)NC(C(=O)NCCCO)C(C)C)cc1. The highest BCUT2D eigenvalue weighted by Gasteiger charge is 2.24. The zero-order valence-corrected chi connectivity index (χ0v) is 14.0. The Kier molecular flexibility index (Phi) is 8.11. The van der Waals surface area contributed by atoms with Crippen LogP contribution in [0.15, 0.2) is 24.3 Å². The molecule has 0 spiro atoms. The number of aliphatic hydroxyl groups is 1. The molecule has 6 nitrogen and oxygen atoms in total. The number of rotatable bonds is 9. The third kappa shape index (κ3) is 6.28. The molecule has 0 aliphatic carbocycles. The van der Waals surface area contributed by atoms with Crippen molar-refractivity contribution in [1.29, 1.82) is 0 Å². The van der Waals surface area contributed by atoms with Gasteiger partial charge in [0, 0.05) is 18.7 Å². The standard InChI is InChI=1S/C17H26N2O4/c1-4-23-14-8-6-13(7-9-14)16(21)19-15(12(2)3)17(22)18-10-5-11-20/h6-9,12,15,20H,4-5,10-11H2,1-3H3,(H,18,22)(H,19,21). The molecule has 1 unspecified atom stereocenters. The van der Waals surface area contributed by atoms with Crippen molar-refractivity contribution < 1.29 is 19.4 Å². The van der Waals surface area contributed by atoms with Gasteiger partial charge in [-0.25, -0.2) is 0 Å². The number of hydrogen-bond donors (Lipinski definition) is 3. The second-order valence-corrected chi connectivity index (χ2v) is 5.52. The van der Waals surface area contributed by atoms with E-state index in [1.54, 1.807) is 24.3 Å². The summed E-state index contributed by atoms with van der Waals surface area (Å²) < 4.78 is 5.34. The van der Waals surface area contributed by atoms with Gasteiger partial charge in [-0.1, -0.05) is 13.8 Å². The predicted molar refractivity (Wildman–Crippen MR) is 88.4 cm³/mol. The Morgan fingerprint density at radius 1 is 1.22 bits per heavy atom. The lowest BCUT2D eigenvalue weighted by atomic mass is 10.0. The zero-order valence-electron chi connectivity index (χ0n) is 14.0. The van der Waals surface area contributed by atoms with Gasteiger partial charge in [-0.15, -0.1) is 0 Å². The molecule has 0 aliphatic rings. The van der Waals surface area contributed by atoms with Gasteiger partial charge in [-0.05, 0) is 43.5 Å². The first-order valence-electron chi connectivity index (χ1n) is 7.91. The van der Waals surface area contributed by atoms with Crippen molar-refractivity contribution in [2.75, 3.05) is 19.8 Å². The summed E-state index contributed by atoms with van der Waals surface area (Å²) in [7, 11) is 0. The van der Waals surface area contributed by atoms with Gasteiger partial charge in [0.2, 0.25) is 5.91 Å². The van der Waals surface area contributed by atoms with Gasteiger partial charge >= 0.3 is 0 Å². The highest BCUT2D eigenvalue weighted by molar-refractivity contribution is 5.97. The average molecular weight is 322 g/mol. The Bertz CT molecular complexity index is 500. The van der Waals surface area contributed by atoms with Crippen molar-refractivity contribution in [2.45, 2.75) is 33.2 Å². The Balaban J connectivity index is 2.67. The quantitative estimate of drug-likeness (QED) is 0.599. The maximum atomic E-state index is 12.3. The molecule has 6 heteroatoms. The molecule has 1 rings (SSSR count). The highest BCUT2D eigenvalue weighted by Crippen LogP contribution is 2.12. The minimum Gasteiger partial charge on any atom is -0.494 e. The molecule has 0 aliphatic heterocycles. The number of nitrogens with one attached hydrogen (secondary N) is 2. The normalized spacial score (nSPS) is 11.9. The minimum absolute atomic E-state index is 0.0190. The lowest BCUT2D eigenvalue weighted by molar-refractivity contribution is -0.123. The monoisotopic (exact) mass is 322 g/mol. The van der Waals surface area contributed by atoms with E-state index >= 15 is 0 Å². The van der Waals surface area contributed by atoms with Gasteiger partial charge in [-0.3, -0.25) is 9.59 Å². The molecule has 0 radical (unpaired) electrons. The average Bonchev–Trinajstić information content (AvgIpc) is 2.53. The zero-order chi connectivity index (χ0) is 17.2. The summed E-state index contributed by atoms with van der Waals surface area (Å²) in [5.74, 6) is 0.110. The van der Waals surface area contributed by atoms with Crippen molar-refractivity contribution in [1.82, 2.24) is 10.6 Å². The fourth-order valence-electron chi connectivity index (χ4n) is 2.03. The molecular weight excluding hydrogens is 296 g/mol. The van der Waals surface area contributed by atoms with Gasteiger partial charge in [-0.2, -0.15) is 0 Å². The summed E-state index contributed by atoms with van der Waals surface area (Å²) in [6.45, 7) is 6.60. The maximum absolute atomic E-state index is 12.3. The fraction of sp³-hybridized carbons (Fsp3) is 0.529. The minimum atomic E-state index is -0.618. The number of amides is 2. The largest absolute Gasteiger partial charge is 0.494 e. The molecule has 0 bridgehead atoms. The first kappa shape index (κ1) is 19.0. The van der Waals surface area contributed by atoms with Gasteiger partial charge in [0.15, 0.2) is 0 Å². The Morgan fingerprint density at radius 3 is 2.39 bits per heavy atom. The number of benzene rings is 1. The van der Waals surface area contributed by atoms with Crippen LogP contribution in [0.4, 0.5) is 0 Å². The summed E-state index contributed by atoms with van der Waals surface area (Å²) in [4.78, 5) is 24.4. The number of aliphatic hydroxyl groups excluding tert-OH is 1. The molecule has 0 aromatic heterocycles.